The molecule has 0 spiro atoms. The minimum atomic E-state index is -1.05. The van der Waals surface area contributed by atoms with E-state index in [2.05, 4.69) is 0 Å². The normalized spacial score (nSPS) is 17.5. The van der Waals surface area contributed by atoms with E-state index in [1.807, 2.05) is 6.07 Å². The number of ketones is 1. The van der Waals surface area contributed by atoms with Crippen molar-refractivity contribution in [3.63, 3.8) is 0 Å². The summed E-state index contributed by atoms with van der Waals surface area (Å²) in [6.07, 6.45) is 0. The van der Waals surface area contributed by atoms with E-state index in [1.165, 1.54) is 4.90 Å². The Morgan fingerprint density at radius 3 is 2.76 bits per heavy atom. The third-order valence-electron chi connectivity index (χ3n) is 3.25. The molecule has 1 aliphatic heterocycles. The van der Waals surface area contributed by atoms with Gasteiger partial charge in [0.15, 0.2) is 11.4 Å². The Hall–Kier alpha value is -2.06. The number of halogens is 1. The number of benzene rings is 1. The molecule has 0 aliphatic carbocycles. The van der Waals surface area contributed by atoms with Crippen LogP contribution >= 0.6 is 11.6 Å². The maximum atomic E-state index is 12.4. The van der Waals surface area contributed by atoms with Gasteiger partial charge in [0.1, 0.15) is 12.3 Å². The molecule has 1 aliphatic rings. The van der Waals surface area contributed by atoms with Gasteiger partial charge in [-0.15, -0.1) is 11.6 Å². The molecule has 0 saturated carbocycles. The first-order chi connectivity index (χ1) is 9.77. The Morgan fingerprint density at radius 2 is 2.19 bits per heavy atom. The Balaban J connectivity index is 2.53. The van der Waals surface area contributed by atoms with Crippen LogP contribution in [0.5, 0.6) is 5.75 Å². The zero-order valence-corrected chi connectivity index (χ0v) is 12.8. The van der Waals surface area contributed by atoms with Crippen molar-refractivity contribution in [2.75, 3.05) is 11.4 Å². The van der Waals surface area contributed by atoms with Crippen LogP contribution in [0.15, 0.2) is 18.2 Å². The second-order valence-corrected chi connectivity index (χ2v) is 5.98. The average Bonchev–Trinajstić information content (AvgIpc) is 2.42. The lowest BCUT2D eigenvalue weighted by Crippen LogP contribution is -2.52. The lowest BCUT2D eigenvalue weighted by Gasteiger charge is -2.37. The number of amides is 1. The predicted octanol–water partition coefficient (Wildman–Crippen LogP) is 2.52. The SMILES string of the molecule is CC(Cl)C(=O)c1ccc2c(c1)N(CC#N)C(=O)C(C)(C)O2. The van der Waals surface area contributed by atoms with E-state index in [9.17, 15) is 9.59 Å². The minimum absolute atomic E-state index is 0.104. The second-order valence-electron chi connectivity index (χ2n) is 5.32. The number of carbonyl (C=O) groups is 2. The fourth-order valence-corrected chi connectivity index (χ4v) is 2.30. The first kappa shape index (κ1) is 15.3. The first-order valence-corrected chi connectivity index (χ1v) is 6.92. The molecule has 5 nitrogen and oxygen atoms in total. The van der Waals surface area contributed by atoms with E-state index >= 15 is 0 Å². The summed E-state index contributed by atoms with van der Waals surface area (Å²) in [5.41, 5.74) is -0.242. The van der Waals surface area contributed by atoms with Crippen molar-refractivity contribution < 1.29 is 14.3 Å². The summed E-state index contributed by atoms with van der Waals surface area (Å²) in [6, 6.07) is 6.73. The molecule has 0 radical (unpaired) electrons. The number of fused-ring (bicyclic) bond motifs is 1. The van der Waals surface area contributed by atoms with Gasteiger partial charge < -0.3 is 4.74 Å². The minimum Gasteiger partial charge on any atom is -0.476 e. The quantitative estimate of drug-likeness (QED) is 0.489. The van der Waals surface area contributed by atoms with Gasteiger partial charge in [0.25, 0.3) is 5.91 Å². The summed E-state index contributed by atoms with van der Waals surface area (Å²) < 4.78 is 5.66. The molecule has 0 aromatic heterocycles. The van der Waals surface area contributed by atoms with E-state index < -0.39 is 11.0 Å². The van der Waals surface area contributed by atoms with E-state index in [0.29, 0.717) is 17.0 Å². The highest BCUT2D eigenvalue weighted by Crippen LogP contribution is 2.38. The number of Topliss-reactive ketones (excluding diaryl/α,β-unsaturated/α-hetero) is 1. The van der Waals surface area contributed by atoms with Crippen molar-refractivity contribution in [2.24, 2.45) is 0 Å². The molecule has 0 fully saturated rings. The van der Waals surface area contributed by atoms with Crippen molar-refractivity contribution in [3.8, 4) is 11.8 Å². The van der Waals surface area contributed by atoms with Gasteiger partial charge in [0.2, 0.25) is 0 Å². The molecule has 1 amide bonds. The third-order valence-corrected chi connectivity index (χ3v) is 3.45. The Kier molecular flexibility index (Phi) is 3.93. The summed E-state index contributed by atoms with van der Waals surface area (Å²) >= 11 is 5.80. The zero-order valence-electron chi connectivity index (χ0n) is 12.0. The molecule has 1 heterocycles. The smallest absolute Gasteiger partial charge is 0.271 e. The molecule has 1 aromatic rings. The Labute approximate surface area is 128 Å². The Bertz CT molecular complexity index is 647. The number of ether oxygens (including phenoxy) is 1. The lowest BCUT2D eigenvalue weighted by molar-refractivity contribution is -0.132. The van der Waals surface area contributed by atoms with Crippen LogP contribution in [-0.2, 0) is 4.79 Å². The highest BCUT2D eigenvalue weighted by molar-refractivity contribution is 6.33. The molecule has 1 unspecified atom stereocenters. The second kappa shape index (κ2) is 5.38. The summed E-state index contributed by atoms with van der Waals surface area (Å²) in [5, 5.41) is 8.26. The van der Waals surface area contributed by atoms with Gasteiger partial charge in [-0.25, -0.2) is 0 Å². The van der Waals surface area contributed by atoms with Crippen LogP contribution in [0.1, 0.15) is 31.1 Å². The van der Waals surface area contributed by atoms with Crippen LogP contribution < -0.4 is 9.64 Å². The van der Waals surface area contributed by atoms with Gasteiger partial charge in [-0.1, -0.05) is 0 Å². The van der Waals surface area contributed by atoms with Crippen LogP contribution in [0.3, 0.4) is 0 Å². The molecule has 21 heavy (non-hydrogen) atoms. The standard InChI is InChI=1S/C15H15ClN2O3/c1-9(16)13(19)10-4-5-12-11(8-10)18(7-6-17)14(20)15(2,3)21-12/h4-5,8-9H,7H2,1-3H3. The van der Waals surface area contributed by atoms with Crippen LogP contribution in [0, 0.1) is 11.3 Å². The van der Waals surface area contributed by atoms with Crippen molar-refractivity contribution >= 4 is 29.0 Å². The molecule has 110 valence electrons. The van der Waals surface area contributed by atoms with Crippen molar-refractivity contribution in [2.45, 2.75) is 31.7 Å². The third kappa shape index (κ3) is 2.72. The van der Waals surface area contributed by atoms with Crippen LogP contribution in [-0.4, -0.2) is 29.2 Å². The van der Waals surface area contributed by atoms with Gasteiger partial charge >= 0.3 is 0 Å². The number of hydrogen-bond acceptors (Lipinski definition) is 4. The zero-order chi connectivity index (χ0) is 15.8. The highest BCUT2D eigenvalue weighted by Gasteiger charge is 2.41. The van der Waals surface area contributed by atoms with Crippen LogP contribution in [0.2, 0.25) is 0 Å². The fourth-order valence-electron chi connectivity index (χ4n) is 2.18. The topological polar surface area (TPSA) is 70.4 Å². The number of hydrogen-bond donors (Lipinski definition) is 0. The van der Waals surface area contributed by atoms with Crippen molar-refractivity contribution in [3.05, 3.63) is 23.8 Å². The van der Waals surface area contributed by atoms with Crippen LogP contribution in [0.4, 0.5) is 5.69 Å². The van der Waals surface area contributed by atoms with E-state index in [4.69, 9.17) is 21.6 Å². The van der Waals surface area contributed by atoms with Crippen molar-refractivity contribution in [1.82, 2.24) is 0 Å². The summed E-state index contributed by atoms with van der Waals surface area (Å²) in [5.74, 6) is -0.0950. The lowest BCUT2D eigenvalue weighted by atomic mass is 10.0. The number of carbonyl (C=O) groups excluding carboxylic acids is 2. The average molecular weight is 307 g/mol. The van der Waals surface area contributed by atoms with Crippen LogP contribution in [0.25, 0.3) is 0 Å². The van der Waals surface area contributed by atoms with Gasteiger partial charge in [0, 0.05) is 5.56 Å². The monoisotopic (exact) mass is 306 g/mol. The maximum Gasteiger partial charge on any atom is 0.271 e. The summed E-state index contributed by atoms with van der Waals surface area (Å²) in [7, 11) is 0. The van der Waals surface area contributed by atoms with E-state index in [0.717, 1.165) is 0 Å². The first-order valence-electron chi connectivity index (χ1n) is 6.48. The van der Waals surface area contributed by atoms with Gasteiger partial charge in [-0.3, -0.25) is 14.5 Å². The molecule has 0 bridgehead atoms. The van der Waals surface area contributed by atoms with Gasteiger partial charge in [0.05, 0.1) is 17.1 Å². The van der Waals surface area contributed by atoms with E-state index in [1.54, 1.807) is 39.0 Å². The number of nitriles is 1. The molecular formula is C15H15ClN2O3. The van der Waals surface area contributed by atoms with Crippen molar-refractivity contribution in [1.29, 1.82) is 5.26 Å². The number of nitrogens with zero attached hydrogens (tertiary/aromatic N) is 2. The van der Waals surface area contributed by atoms with Gasteiger partial charge in [-0.2, -0.15) is 5.26 Å². The number of rotatable bonds is 3. The molecule has 0 saturated heterocycles. The molecule has 1 aromatic carbocycles. The molecule has 0 N–H and O–H groups in total. The predicted molar refractivity (Wildman–Crippen MR) is 78.8 cm³/mol. The molecule has 1 atom stereocenters. The van der Waals surface area contributed by atoms with Gasteiger partial charge in [-0.05, 0) is 39.0 Å². The largest absolute Gasteiger partial charge is 0.476 e. The molecule has 2 rings (SSSR count). The summed E-state index contributed by atoms with van der Waals surface area (Å²) in [6.45, 7) is 4.76. The highest BCUT2D eigenvalue weighted by atomic mass is 35.5. The number of anilines is 1. The Morgan fingerprint density at radius 1 is 1.52 bits per heavy atom. The number of alkyl halides is 1. The fraction of sp³-hybridized carbons (Fsp3) is 0.400. The summed E-state index contributed by atoms with van der Waals surface area (Å²) in [4.78, 5) is 25.6. The molecular weight excluding hydrogens is 292 g/mol. The van der Waals surface area contributed by atoms with E-state index in [-0.39, 0.29) is 18.2 Å². The maximum absolute atomic E-state index is 12.4. The molecule has 6 heteroatoms.